The van der Waals surface area contributed by atoms with Gasteiger partial charge in [0, 0.05) is 36.7 Å². The zero-order valence-electron chi connectivity index (χ0n) is 24.5. The van der Waals surface area contributed by atoms with E-state index in [4.69, 9.17) is 0 Å². The van der Waals surface area contributed by atoms with Crippen LogP contribution in [0.3, 0.4) is 0 Å². The molecule has 240 valence electrons. The summed E-state index contributed by atoms with van der Waals surface area (Å²) in [6.45, 7) is -0.471. The predicted molar refractivity (Wildman–Crippen MR) is 157 cm³/mol. The second-order valence-electron chi connectivity index (χ2n) is 11.4. The number of sulfone groups is 1. The highest BCUT2D eigenvalue weighted by Gasteiger charge is 2.37. The Hall–Kier alpha value is -3.21. The second-order valence-corrected chi connectivity index (χ2v) is 13.7. The van der Waals surface area contributed by atoms with Gasteiger partial charge in [-0.3, -0.25) is 4.79 Å². The number of carbonyl (C=O) groups excluding carboxylic acids is 1. The molecule has 0 aromatic heterocycles. The van der Waals surface area contributed by atoms with Crippen LogP contribution in [0.25, 0.3) is 0 Å². The largest absolute Gasteiger partial charge is 0.365 e. The van der Waals surface area contributed by atoms with Gasteiger partial charge in [-0.2, -0.15) is 14.0 Å². The third-order valence-corrected chi connectivity index (χ3v) is 10.2. The number of alkyl halides is 4. The van der Waals surface area contributed by atoms with Crippen molar-refractivity contribution in [2.24, 2.45) is 5.92 Å². The Morgan fingerprint density at radius 2 is 1.77 bits per heavy atom. The number of nitrogens with zero attached hydrogens (tertiary/aromatic N) is 2. The van der Waals surface area contributed by atoms with Gasteiger partial charge in [0.15, 0.2) is 9.84 Å². The number of ether oxygens (including phenoxy) is 1. The number of hydrogen-bond donors (Lipinski definition) is 2. The summed E-state index contributed by atoms with van der Waals surface area (Å²) in [5.41, 5.74) is 1.63. The van der Waals surface area contributed by atoms with Gasteiger partial charge in [-0.25, -0.2) is 17.2 Å². The van der Waals surface area contributed by atoms with E-state index in [0.717, 1.165) is 0 Å². The first-order valence-electron chi connectivity index (χ1n) is 14.8. The average Bonchev–Trinajstić information content (AvgIpc) is 3.42. The summed E-state index contributed by atoms with van der Waals surface area (Å²) >= 11 is 0. The van der Waals surface area contributed by atoms with E-state index in [1.807, 2.05) is 11.0 Å². The molecule has 1 amide bonds. The summed E-state index contributed by atoms with van der Waals surface area (Å²) < 4.78 is 81.7. The lowest BCUT2D eigenvalue weighted by atomic mass is 9.86. The number of nitrogens with one attached hydrogen (secondary N) is 2. The summed E-state index contributed by atoms with van der Waals surface area (Å²) in [5.74, 6) is -2.92. The van der Waals surface area contributed by atoms with E-state index >= 15 is 0 Å². The van der Waals surface area contributed by atoms with E-state index in [-0.39, 0.29) is 54.5 Å². The maximum absolute atomic E-state index is 13.5. The fraction of sp³-hybridized carbons (Fsp3) is 0.548. The SMILES string of the molecule is CCS(=O)(=O)c1ccc([C@H](CC#N)NC(=O)c2ccc(N3C[C@@H](NCC4CCC(F)(F)CC4)C[C@H]3COC(F)F)cc2)cc1. The molecule has 2 fully saturated rings. The van der Waals surface area contributed by atoms with Crippen molar-refractivity contribution in [2.75, 3.05) is 30.3 Å². The molecular weight excluding hydrogens is 600 g/mol. The van der Waals surface area contributed by atoms with E-state index in [2.05, 4.69) is 15.4 Å². The van der Waals surface area contributed by atoms with E-state index in [9.17, 15) is 36.0 Å². The quantitative estimate of drug-likeness (QED) is 0.280. The lowest BCUT2D eigenvalue weighted by molar-refractivity contribution is -0.131. The van der Waals surface area contributed by atoms with Gasteiger partial charge in [0.25, 0.3) is 5.91 Å². The molecule has 2 aliphatic rings. The van der Waals surface area contributed by atoms with Crippen LogP contribution in [0.5, 0.6) is 0 Å². The van der Waals surface area contributed by atoms with Crippen molar-refractivity contribution in [3.8, 4) is 6.07 Å². The average molecular weight is 639 g/mol. The molecule has 0 spiro atoms. The van der Waals surface area contributed by atoms with Crippen molar-refractivity contribution < 1.29 is 35.5 Å². The molecule has 0 radical (unpaired) electrons. The van der Waals surface area contributed by atoms with Crippen molar-refractivity contribution in [1.82, 2.24) is 10.6 Å². The monoisotopic (exact) mass is 638 g/mol. The number of benzene rings is 2. The van der Waals surface area contributed by atoms with Gasteiger partial charge in [0.1, 0.15) is 0 Å². The van der Waals surface area contributed by atoms with E-state index in [1.54, 1.807) is 43.3 Å². The molecule has 1 saturated carbocycles. The predicted octanol–water partition coefficient (Wildman–Crippen LogP) is 5.47. The minimum Gasteiger partial charge on any atom is -0.365 e. The highest BCUT2D eigenvalue weighted by molar-refractivity contribution is 7.91. The smallest absolute Gasteiger partial charge is 0.345 e. The zero-order valence-corrected chi connectivity index (χ0v) is 25.3. The summed E-state index contributed by atoms with van der Waals surface area (Å²) in [7, 11) is -3.39. The highest BCUT2D eigenvalue weighted by atomic mass is 32.2. The fourth-order valence-corrected chi connectivity index (χ4v) is 6.71. The maximum Gasteiger partial charge on any atom is 0.345 e. The molecule has 0 unspecified atom stereocenters. The minimum atomic E-state index is -3.39. The first-order chi connectivity index (χ1) is 20.9. The second kappa shape index (κ2) is 14.7. The molecule has 2 N–H and O–H groups in total. The van der Waals surface area contributed by atoms with Gasteiger partial charge in [0.05, 0.1) is 41.8 Å². The molecule has 2 aromatic rings. The molecule has 44 heavy (non-hydrogen) atoms. The van der Waals surface area contributed by atoms with Crippen LogP contribution in [-0.2, 0) is 14.6 Å². The number of nitriles is 1. The zero-order chi connectivity index (χ0) is 31.9. The molecule has 1 saturated heterocycles. The van der Waals surface area contributed by atoms with Crippen LogP contribution in [0.1, 0.15) is 67.4 Å². The summed E-state index contributed by atoms with van der Waals surface area (Å²) in [6, 6.07) is 13.7. The van der Waals surface area contributed by atoms with Gasteiger partial charge >= 0.3 is 6.61 Å². The molecular formula is C31H38F4N4O4S. The first kappa shape index (κ1) is 33.7. The summed E-state index contributed by atoms with van der Waals surface area (Å²) in [6.07, 6.45) is 1.16. The van der Waals surface area contributed by atoms with Crippen LogP contribution in [-0.4, -0.2) is 64.4 Å². The summed E-state index contributed by atoms with van der Waals surface area (Å²) in [4.78, 5) is 15.2. The molecule has 1 heterocycles. The van der Waals surface area contributed by atoms with Crippen LogP contribution >= 0.6 is 0 Å². The van der Waals surface area contributed by atoms with E-state index < -0.39 is 34.3 Å². The Balaban J connectivity index is 1.40. The lowest BCUT2D eigenvalue weighted by Crippen LogP contribution is -2.38. The van der Waals surface area contributed by atoms with Crippen LogP contribution in [0.4, 0.5) is 23.2 Å². The maximum atomic E-state index is 13.5. The Morgan fingerprint density at radius 1 is 1.11 bits per heavy atom. The van der Waals surface area contributed by atoms with E-state index in [1.165, 1.54) is 12.1 Å². The van der Waals surface area contributed by atoms with Gasteiger partial charge in [-0.1, -0.05) is 19.1 Å². The minimum absolute atomic E-state index is 0.0268. The first-order valence-corrected chi connectivity index (χ1v) is 16.4. The molecule has 8 nitrogen and oxygen atoms in total. The molecule has 4 rings (SSSR count). The topological polar surface area (TPSA) is 112 Å². The van der Waals surface area contributed by atoms with Crippen molar-refractivity contribution in [3.05, 3.63) is 59.7 Å². The van der Waals surface area contributed by atoms with Crippen molar-refractivity contribution >= 4 is 21.4 Å². The molecule has 0 bridgehead atoms. The number of hydrogen-bond acceptors (Lipinski definition) is 7. The number of anilines is 1. The number of carbonyl (C=O) groups is 1. The Labute approximate surface area is 255 Å². The summed E-state index contributed by atoms with van der Waals surface area (Å²) in [5, 5.41) is 15.6. The van der Waals surface area contributed by atoms with Crippen molar-refractivity contribution in [2.45, 2.75) is 81.0 Å². The molecule has 1 aliphatic carbocycles. The van der Waals surface area contributed by atoms with Gasteiger partial charge < -0.3 is 20.3 Å². The molecule has 3 atom stereocenters. The number of amides is 1. The van der Waals surface area contributed by atoms with Crippen molar-refractivity contribution in [3.63, 3.8) is 0 Å². The Bertz CT molecular complexity index is 1390. The van der Waals surface area contributed by atoms with Crippen LogP contribution < -0.4 is 15.5 Å². The molecule has 2 aromatic carbocycles. The van der Waals surface area contributed by atoms with Crippen molar-refractivity contribution in [1.29, 1.82) is 5.26 Å². The van der Waals surface area contributed by atoms with E-state index in [0.29, 0.717) is 49.2 Å². The third-order valence-electron chi connectivity index (χ3n) is 8.44. The highest BCUT2D eigenvalue weighted by Crippen LogP contribution is 2.36. The van der Waals surface area contributed by atoms with Gasteiger partial charge in [-0.05, 0) is 73.7 Å². The molecule has 1 aliphatic heterocycles. The van der Waals surface area contributed by atoms with Crippen LogP contribution in [0.2, 0.25) is 0 Å². The normalized spacial score (nSPS) is 21.2. The number of halogens is 4. The van der Waals surface area contributed by atoms with Gasteiger partial charge in [0.2, 0.25) is 5.92 Å². The lowest BCUT2D eigenvalue weighted by Gasteiger charge is -2.29. The van der Waals surface area contributed by atoms with Crippen LogP contribution in [0, 0.1) is 17.2 Å². The fourth-order valence-electron chi connectivity index (χ4n) is 5.82. The Kier molecular flexibility index (Phi) is 11.3. The molecule has 13 heteroatoms. The number of rotatable bonds is 13. The third kappa shape index (κ3) is 8.92. The van der Waals surface area contributed by atoms with Crippen LogP contribution in [0.15, 0.2) is 53.4 Å². The standard InChI is InChI=1S/C31H38F4N4O4S/c1-2-44(41,42)27-9-5-22(6-10-27)28(13-16-36)38-29(40)23-3-7-25(8-4-23)39-19-24(17-26(39)20-43-30(32)33)37-18-21-11-14-31(34,35)15-12-21/h3-10,21,24,26,28,30,37H,2,11-15,17-20H2,1H3,(H,38,40)/t24-,26-,28-/m0/s1. The van der Waals surface area contributed by atoms with Gasteiger partial charge in [-0.15, -0.1) is 0 Å². The Morgan fingerprint density at radius 3 is 2.36 bits per heavy atom.